The highest BCUT2D eigenvalue weighted by Gasteiger charge is 2.03. The quantitative estimate of drug-likeness (QED) is 0.857. The van der Waals surface area contributed by atoms with Gasteiger partial charge in [0.05, 0.1) is 0 Å². The van der Waals surface area contributed by atoms with E-state index < -0.39 is 0 Å². The Hall–Kier alpha value is -1.88. The van der Waals surface area contributed by atoms with Crippen LogP contribution in [0.4, 0.5) is 10.5 Å². The molecule has 2 N–H and O–H groups in total. The maximum atomic E-state index is 11.1. The van der Waals surface area contributed by atoms with Crippen LogP contribution in [0.2, 0.25) is 0 Å². The molecule has 0 fully saturated rings. The minimum atomic E-state index is -0.220. The summed E-state index contributed by atoms with van der Waals surface area (Å²) in [5.74, 6) is 0. The Balaban J connectivity index is 2.15. The van der Waals surface area contributed by atoms with Gasteiger partial charge in [-0.05, 0) is 31.2 Å². The van der Waals surface area contributed by atoms with Gasteiger partial charge in [0.15, 0.2) is 0 Å². The van der Waals surface area contributed by atoms with Gasteiger partial charge in [0.1, 0.15) is 5.01 Å². The number of benzene rings is 1. The zero-order valence-electron chi connectivity index (χ0n) is 9.65. The zero-order valence-corrected chi connectivity index (χ0v) is 10.5. The molecule has 1 aromatic heterocycles. The van der Waals surface area contributed by atoms with Crippen molar-refractivity contribution >= 4 is 23.1 Å². The van der Waals surface area contributed by atoms with Gasteiger partial charge in [-0.15, -0.1) is 11.3 Å². The van der Waals surface area contributed by atoms with Gasteiger partial charge < -0.3 is 10.6 Å². The zero-order chi connectivity index (χ0) is 12.3. The SMILES string of the molecule is CNC(=O)Nc1ccc(-c2nc(C)cs2)cc1. The number of carbonyl (C=O) groups is 1. The monoisotopic (exact) mass is 247 g/mol. The van der Waals surface area contributed by atoms with Crippen LogP contribution >= 0.6 is 11.3 Å². The Kier molecular flexibility index (Phi) is 3.39. The molecule has 0 aliphatic heterocycles. The molecule has 0 atom stereocenters. The number of anilines is 1. The lowest BCUT2D eigenvalue weighted by molar-refractivity contribution is 0.254. The smallest absolute Gasteiger partial charge is 0.318 e. The summed E-state index contributed by atoms with van der Waals surface area (Å²) >= 11 is 1.62. The van der Waals surface area contributed by atoms with E-state index in [0.29, 0.717) is 0 Å². The first kappa shape index (κ1) is 11.6. The summed E-state index contributed by atoms with van der Waals surface area (Å²) in [5.41, 5.74) is 2.85. The summed E-state index contributed by atoms with van der Waals surface area (Å²) in [6.45, 7) is 1.97. The van der Waals surface area contributed by atoms with Crippen molar-refractivity contribution in [3.05, 3.63) is 35.3 Å². The normalized spacial score (nSPS) is 10.0. The first-order valence-electron chi connectivity index (χ1n) is 5.20. The standard InChI is InChI=1S/C12H13N3OS/c1-8-7-17-11(14-8)9-3-5-10(6-4-9)15-12(16)13-2/h3-7H,1-2H3,(H2,13,15,16). The summed E-state index contributed by atoms with van der Waals surface area (Å²) in [6, 6.07) is 7.40. The predicted octanol–water partition coefficient (Wildman–Crippen LogP) is 2.87. The summed E-state index contributed by atoms with van der Waals surface area (Å²) in [4.78, 5) is 15.5. The van der Waals surface area contributed by atoms with Gasteiger partial charge in [0, 0.05) is 29.4 Å². The van der Waals surface area contributed by atoms with Crippen molar-refractivity contribution in [1.29, 1.82) is 0 Å². The van der Waals surface area contributed by atoms with Gasteiger partial charge in [-0.2, -0.15) is 0 Å². The average Bonchev–Trinajstić information content (AvgIpc) is 2.77. The number of hydrogen-bond acceptors (Lipinski definition) is 3. The molecular weight excluding hydrogens is 234 g/mol. The van der Waals surface area contributed by atoms with Gasteiger partial charge in [-0.3, -0.25) is 0 Å². The fraction of sp³-hybridized carbons (Fsp3) is 0.167. The van der Waals surface area contributed by atoms with Crippen molar-refractivity contribution in [3.8, 4) is 10.6 Å². The van der Waals surface area contributed by atoms with E-state index in [-0.39, 0.29) is 6.03 Å². The molecule has 0 unspecified atom stereocenters. The van der Waals surface area contributed by atoms with E-state index in [1.54, 1.807) is 18.4 Å². The first-order chi connectivity index (χ1) is 8.19. The number of thiazole rings is 1. The molecule has 2 rings (SSSR count). The second kappa shape index (κ2) is 4.97. The largest absolute Gasteiger partial charge is 0.341 e. The van der Waals surface area contributed by atoms with Crippen molar-refractivity contribution in [1.82, 2.24) is 10.3 Å². The van der Waals surface area contributed by atoms with Gasteiger partial charge in [0.25, 0.3) is 0 Å². The molecule has 0 radical (unpaired) electrons. The van der Waals surface area contributed by atoms with Crippen molar-refractivity contribution < 1.29 is 4.79 Å². The molecule has 88 valence electrons. The van der Waals surface area contributed by atoms with Crippen molar-refractivity contribution in [2.75, 3.05) is 12.4 Å². The molecule has 0 aliphatic rings. The topological polar surface area (TPSA) is 54.0 Å². The second-order valence-corrected chi connectivity index (χ2v) is 4.43. The van der Waals surface area contributed by atoms with Gasteiger partial charge >= 0.3 is 6.03 Å². The highest BCUT2D eigenvalue weighted by atomic mass is 32.1. The average molecular weight is 247 g/mol. The number of urea groups is 1. The van der Waals surface area contributed by atoms with Crippen molar-refractivity contribution in [2.24, 2.45) is 0 Å². The summed E-state index contributed by atoms with van der Waals surface area (Å²) in [7, 11) is 1.59. The number of aromatic nitrogens is 1. The van der Waals surface area contributed by atoms with Crippen LogP contribution in [0, 0.1) is 6.92 Å². The highest BCUT2D eigenvalue weighted by molar-refractivity contribution is 7.13. The van der Waals surface area contributed by atoms with Crippen LogP contribution in [0.5, 0.6) is 0 Å². The fourth-order valence-electron chi connectivity index (χ4n) is 1.38. The van der Waals surface area contributed by atoms with Crippen LogP contribution in [0.3, 0.4) is 0 Å². The Bertz CT molecular complexity index is 519. The van der Waals surface area contributed by atoms with Crippen LogP contribution in [-0.4, -0.2) is 18.1 Å². The van der Waals surface area contributed by atoms with Crippen LogP contribution in [0.25, 0.3) is 10.6 Å². The third-order valence-electron chi connectivity index (χ3n) is 2.24. The Morgan fingerprint density at radius 3 is 2.53 bits per heavy atom. The predicted molar refractivity (Wildman–Crippen MR) is 70.4 cm³/mol. The molecule has 0 aliphatic carbocycles. The fourth-order valence-corrected chi connectivity index (χ4v) is 2.18. The van der Waals surface area contributed by atoms with E-state index in [2.05, 4.69) is 15.6 Å². The van der Waals surface area contributed by atoms with E-state index in [9.17, 15) is 4.79 Å². The van der Waals surface area contributed by atoms with Crippen LogP contribution in [0.1, 0.15) is 5.69 Å². The number of nitrogens with zero attached hydrogens (tertiary/aromatic N) is 1. The van der Waals surface area contributed by atoms with E-state index >= 15 is 0 Å². The Morgan fingerprint density at radius 2 is 2.00 bits per heavy atom. The molecule has 0 saturated carbocycles. The van der Waals surface area contributed by atoms with Gasteiger partial charge in [0.2, 0.25) is 0 Å². The third-order valence-corrected chi connectivity index (χ3v) is 3.25. The first-order valence-corrected chi connectivity index (χ1v) is 6.08. The minimum Gasteiger partial charge on any atom is -0.341 e. The lowest BCUT2D eigenvalue weighted by Gasteiger charge is -2.04. The third kappa shape index (κ3) is 2.82. The van der Waals surface area contributed by atoms with E-state index in [1.807, 2.05) is 36.6 Å². The molecular formula is C12H13N3OS. The molecule has 0 bridgehead atoms. The summed E-state index contributed by atoms with van der Waals surface area (Å²) in [5, 5.41) is 8.23. The molecule has 5 heteroatoms. The molecule has 2 amide bonds. The van der Waals surface area contributed by atoms with E-state index in [0.717, 1.165) is 22.0 Å². The molecule has 4 nitrogen and oxygen atoms in total. The Morgan fingerprint density at radius 1 is 1.29 bits per heavy atom. The van der Waals surface area contributed by atoms with Crippen LogP contribution < -0.4 is 10.6 Å². The van der Waals surface area contributed by atoms with E-state index in [1.165, 1.54) is 0 Å². The molecule has 2 aromatic rings. The number of nitrogens with one attached hydrogen (secondary N) is 2. The number of hydrogen-bond donors (Lipinski definition) is 2. The number of rotatable bonds is 2. The molecule has 0 saturated heterocycles. The second-order valence-electron chi connectivity index (χ2n) is 3.58. The van der Waals surface area contributed by atoms with Crippen molar-refractivity contribution in [2.45, 2.75) is 6.92 Å². The lowest BCUT2D eigenvalue weighted by atomic mass is 10.2. The number of amides is 2. The molecule has 0 spiro atoms. The highest BCUT2D eigenvalue weighted by Crippen LogP contribution is 2.24. The lowest BCUT2D eigenvalue weighted by Crippen LogP contribution is -2.24. The number of carbonyl (C=O) groups excluding carboxylic acids is 1. The van der Waals surface area contributed by atoms with Gasteiger partial charge in [-0.1, -0.05) is 0 Å². The molecule has 1 aromatic carbocycles. The van der Waals surface area contributed by atoms with Crippen molar-refractivity contribution in [3.63, 3.8) is 0 Å². The molecule has 1 heterocycles. The van der Waals surface area contributed by atoms with Crippen LogP contribution in [0.15, 0.2) is 29.6 Å². The minimum absolute atomic E-state index is 0.220. The van der Waals surface area contributed by atoms with Crippen LogP contribution in [-0.2, 0) is 0 Å². The maximum Gasteiger partial charge on any atom is 0.318 e. The number of aryl methyl sites for hydroxylation is 1. The summed E-state index contributed by atoms with van der Waals surface area (Å²) in [6.07, 6.45) is 0. The molecule has 17 heavy (non-hydrogen) atoms. The van der Waals surface area contributed by atoms with Gasteiger partial charge in [-0.25, -0.2) is 9.78 Å². The Labute approximate surface area is 104 Å². The maximum absolute atomic E-state index is 11.1. The van der Waals surface area contributed by atoms with E-state index in [4.69, 9.17) is 0 Å². The summed E-state index contributed by atoms with van der Waals surface area (Å²) < 4.78 is 0.